The zero-order valence-corrected chi connectivity index (χ0v) is 17.7. The van der Waals surface area contributed by atoms with E-state index in [0.29, 0.717) is 45.1 Å². The first-order valence-corrected chi connectivity index (χ1v) is 10.2. The Bertz CT molecular complexity index is 803. The van der Waals surface area contributed by atoms with E-state index in [0.717, 1.165) is 0 Å². The van der Waals surface area contributed by atoms with Gasteiger partial charge in [0.1, 0.15) is 0 Å². The van der Waals surface area contributed by atoms with Gasteiger partial charge in [-0.2, -0.15) is 0 Å². The van der Waals surface area contributed by atoms with Crippen LogP contribution in [0, 0.1) is 13.8 Å². The summed E-state index contributed by atoms with van der Waals surface area (Å²) in [6.45, 7) is 8.58. The van der Waals surface area contributed by atoms with Crippen molar-refractivity contribution in [2.75, 3.05) is 32.2 Å². The Balaban J connectivity index is 2.07. The predicted molar refractivity (Wildman–Crippen MR) is 106 cm³/mol. The molecule has 8 nitrogen and oxygen atoms in total. The monoisotopic (exact) mass is 412 g/mol. The van der Waals surface area contributed by atoms with Crippen molar-refractivity contribution in [3.05, 3.63) is 22.5 Å². The highest BCUT2D eigenvalue weighted by atomic mass is 32.2. The Morgan fingerprint density at radius 1 is 1.33 bits per heavy atom. The van der Waals surface area contributed by atoms with Crippen molar-refractivity contribution in [2.24, 2.45) is 0 Å². The number of anilines is 1. The molecule has 0 bridgehead atoms. The van der Waals surface area contributed by atoms with Crippen LogP contribution in [-0.2, 0) is 9.47 Å². The molecular formula is C17H24N4O4S2. The van der Waals surface area contributed by atoms with E-state index in [1.165, 1.54) is 23.1 Å². The molecule has 0 saturated heterocycles. The molecule has 27 heavy (non-hydrogen) atoms. The molecule has 0 spiro atoms. The first-order valence-electron chi connectivity index (χ1n) is 8.52. The van der Waals surface area contributed by atoms with Gasteiger partial charge in [-0.1, -0.05) is 23.1 Å². The molecule has 2 heterocycles. The highest BCUT2D eigenvalue weighted by Gasteiger charge is 2.26. The van der Waals surface area contributed by atoms with Gasteiger partial charge in [0, 0.05) is 19.3 Å². The number of hydrogen-bond acceptors (Lipinski definition) is 9. The van der Waals surface area contributed by atoms with Crippen molar-refractivity contribution in [3.63, 3.8) is 0 Å². The molecule has 0 amide bonds. The summed E-state index contributed by atoms with van der Waals surface area (Å²) in [5.74, 6) is -0.515. The number of nitrogens with one attached hydrogen (secondary N) is 2. The number of Topliss-reactive ketones (excluding diaryl/α,β-unsaturated/α-hetero) is 1. The van der Waals surface area contributed by atoms with Gasteiger partial charge in [0.05, 0.1) is 29.7 Å². The highest BCUT2D eigenvalue weighted by Crippen LogP contribution is 2.31. The SMILES string of the molecule is CCOC(=O)c1c(C)[nH]c(C(=O)C(C)Sc2nnc(NCCOC)s2)c1C. The number of carbonyl (C=O) groups excluding carboxylic acids is 2. The fraction of sp³-hybridized carbons (Fsp3) is 0.529. The zero-order valence-electron chi connectivity index (χ0n) is 16.0. The minimum Gasteiger partial charge on any atom is -0.462 e. The van der Waals surface area contributed by atoms with Crippen LogP contribution in [0.1, 0.15) is 46.0 Å². The van der Waals surface area contributed by atoms with E-state index < -0.39 is 5.97 Å². The quantitative estimate of drug-likeness (QED) is 0.265. The number of H-pyrrole nitrogens is 1. The van der Waals surface area contributed by atoms with Crippen LogP contribution < -0.4 is 5.32 Å². The van der Waals surface area contributed by atoms with Crippen LogP contribution in [0.4, 0.5) is 5.13 Å². The summed E-state index contributed by atoms with van der Waals surface area (Å²) in [7, 11) is 1.63. The zero-order chi connectivity index (χ0) is 20.0. The average Bonchev–Trinajstić information content (AvgIpc) is 3.18. The summed E-state index contributed by atoms with van der Waals surface area (Å²) in [6, 6.07) is 0. The van der Waals surface area contributed by atoms with Crippen LogP contribution in [-0.4, -0.2) is 59.1 Å². The second-order valence-corrected chi connectivity index (χ2v) is 8.33. The number of methoxy groups -OCH3 is 1. The minimum atomic E-state index is -0.418. The fourth-order valence-electron chi connectivity index (χ4n) is 2.50. The number of hydrogen-bond donors (Lipinski definition) is 2. The van der Waals surface area contributed by atoms with E-state index in [1.807, 2.05) is 6.92 Å². The van der Waals surface area contributed by atoms with Gasteiger partial charge < -0.3 is 19.8 Å². The highest BCUT2D eigenvalue weighted by molar-refractivity contribution is 8.02. The molecule has 0 aliphatic heterocycles. The fourth-order valence-corrected chi connectivity index (χ4v) is 4.48. The van der Waals surface area contributed by atoms with E-state index in [-0.39, 0.29) is 17.6 Å². The number of carbonyl (C=O) groups is 2. The summed E-state index contributed by atoms with van der Waals surface area (Å²) in [5.41, 5.74) is 2.10. The van der Waals surface area contributed by atoms with Gasteiger partial charge >= 0.3 is 5.97 Å². The van der Waals surface area contributed by atoms with Gasteiger partial charge in [0.15, 0.2) is 10.1 Å². The average molecular weight is 413 g/mol. The van der Waals surface area contributed by atoms with Crippen molar-refractivity contribution in [1.29, 1.82) is 0 Å². The molecule has 148 valence electrons. The number of aromatic nitrogens is 3. The molecule has 0 radical (unpaired) electrons. The molecule has 2 aromatic heterocycles. The number of nitrogens with zero attached hydrogens (tertiary/aromatic N) is 2. The maximum Gasteiger partial charge on any atom is 0.340 e. The number of esters is 1. The largest absolute Gasteiger partial charge is 0.462 e. The van der Waals surface area contributed by atoms with E-state index >= 15 is 0 Å². The van der Waals surface area contributed by atoms with Crippen molar-refractivity contribution in [3.8, 4) is 0 Å². The molecular weight excluding hydrogens is 388 g/mol. The third-order valence-electron chi connectivity index (χ3n) is 3.80. The van der Waals surface area contributed by atoms with Gasteiger partial charge in [0.2, 0.25) is 5.13 Å². The summed E-state index contributed by atoms with van der Waals surface area (Å²) in [6.07, 6.45) is 0. The molecule has 0 fully saturated rings. The third kappa shape index (κ3) is 5.30. The Kier molecular flexibility index (Phi) is 7.81. The van der Waals surface area contributed by atoms with Gasteiger partial charge in [-0.15, -0.1) is 10.2 Å². The number of aromatic amines is 1. The van der Waals surface area contributed by atoms with Crippen molar-refractivity contribution < 1.29 is 19.1 Å². The number of ether oxygens (including phenoxy) is 2. The number of rotatable bonds is 10. The lowest BCUT2D eigenvalue weighted by molar-refractivity contribution is 0.0525. The number of aryl methyl sites for hydroxylation is 1. The van der Waals surface area contributed by atoms with Gasteiger partial charge in [-0.3, -0.25) is 4.79 Å². The molecule has 0 aliphatic rings. The van der Waals surface area contributed by atoms with Gasteiger partial charge in [-0.05, 0) is 33.3 Å². The number of ketones is 1. The molecule has 1 atom stereocenters. The normalized spacial score (nSPS) is 12.0. The predicted octanol–water partition coefficient (Wildman–Crippen LogP) is 3.08. The summed E-state index contributed by atoms with van der Waals surface area (Å²) in [5, 5.41) is 11.6. The van der Waals surface area contributed by atoms with Crippen LogP contribution in [0.25, 0.3) is 0 Å². The molecule has 1 unspecified atom stereocenters. The van der Waals surface area contributed by atoms with E-state index in [9.17, 15) is 9.59 Å². The molecule has 2 rings (SSSR count). The molecule has 0 aliphatic carbocycles. The Hall–Kier alpha value is -1.91. The second-order valence-electron chi connectivity index (χ2n) is 5.76. The first-order chi connectivity index (χ1) is 12.9. The van der Waals surface area contributed by atoms with Gasteiger partial charge in [0.25, 0.3) is 0 Å². The summed E-state index contributed by atoms with van der Waals surface area (Å²) >= 11 is 2.72. The Labute approximate surface area is 166 Å². The van der Waals surface area contributed by atoms with Crippen LogP contribution in [0.3, 0.4) is 0 Å². The van der Waals surface area contributed by atoms with Crippen LogP contribution >= 0.6 is 23.1 Å². The lowest BCUT2D eigenvalue weighted by atomic mass is 10.1. The van der Waals surface area contributed by atoms with Crippen molar-refractivity contribution >= 4 is 40.0 Å². The molecule has 0 aromatic carbocycles. The molecule has 2 aromatic rings. The Morgan fingerprint density at radius 2 is 2.07 bits per heavy atom. The minimum absolute atomic E-state index is 0.0970. The standard InChI is InChI=1S/C17H24N4O4S2/c1-6-25-15(23)12-9(2)13(19-10(12)3)14(22)11(4)26-17-21-20-16(27-17)18-7-8-24-5/h11,19H,6-8H2,1-5H3,(H,18,20). The van der Waals surface area contributed by atoms with Crippen LogP contribution in [0.2, 0.25) is 0 Å². The van der Waals surface area contributed by atoms with E-state index in [1.54, 1.807) is 27.9 Å². The summed E-state index contributed by atoms with van der Waals surface area (Å²) < 4.78 is 10.7. The smallest absolute Gasteiger partial charge is 0.340 e. The molecule has 0 saturated carbocycles. The summed E-state index contributed by atoms with van der Waals surface area (Å²) in [4.78, 5) is 28.0. The van der Waals surface area contributed by atoms with Crippen molar-refractivity contribution in [2.45, 2.75) is 37.3 Å². The lowest BCUT2D eigenvalue weighted by Crippen LogP contribution is -2.15. The second kappa shape index (κ2) is 9.86. The molecule has 2 N–H and O–H groups in total. The topological polar surface area (TPSA) is 106 Å². The van der Waals surface area contributed by atoms with E-state index in [2.05, 4.69) is 20.5 Å². The first kappa shape index (κ1) is 21.4. The van der Waals surface area contributed by atoms with Crippen LogP contribution in [0.5, 0.6) is 0 Å². The van der Waals surface area contributed by atoms with E-state index in [4.69, 9.17) is 9.47 Å². The molecule has 10 heteroatoms. The maximum atomic E-state index is 12.9. The third-order valence-corrected chi connectivity index (χ3v) is 5.86. The Morgan fingerprint density at radius 3 is 2.74 bits per heavy atom. The van der Waals surface area contributed by atoms with Gasteiger partial charge in [-0.25, -0.2) is 4.79 Å². The number of thioether (sulfide) groups is 1. The lowest BCUT2D eigenvalue weighted by Gasteiger charge is -2.08. The maximum absolute atomic E-state index is 12.9. The van der Waals surface area contributed by atoms with Crippen molar-refractivity contribution in [1.82, 2.24) is 15.2 Å². The van der Waals surface area contributed by atoms with Crippen LogP contribution in [0.15, 0.2) is 4.34 Å².